The van der Waals surface area contributed by atoms with Crippen LogP contribution in [0.25, 0.3) is 10.9 Å². The molecule has 3 rings (SSSR count). The first-order valence-electron chi connectivity index (χ1n) is 9.66. The van der Waals surface area contributed by atoms with Crippen molar-refractivity contribution in [2.24, 2.45) is 0 Å². The van der Waals surface area contributed by atoms with Crippen molar-refractivity contribution in [3.8, 4) is 0 Å². The molecular formula is C20H26F3N3O3. The number of likely N-dealkylation sites (tertiary alicyclic amines) is 1. The van der Waals surface area contributed by atoms with E-state index in [9.17, 15) is 23.1 Å². The number of aliphatic hydroxyl groups excluding tert-OH is 1. The van der Waals surface area contributed by atoms with Gasteiger partial charge < -0.3 is 14.7 Å². The molecule has 29 heavy (non-hydrogen) atoms. The van der Waals surface area contributed by atoms with Crippen LogP contribution in [0.1, 0.15) is 50.8 Å². The SMILES string of the molecule is CC(C)(C)OC(=O)N1CCC(c2nn(CCO)c3ccc(C(F)(F)F)cc23)CC1. The normalized spacial score (nSPS) is 16.4. The lowest BCUT2D eigenvalue weighted by atomic mass is 9.91. The van der Waals surface area contributed by atoms with Crippen molar-refractivity contribution < 1.29 is 27.8 Å². The lowest BCUT2D eigenvalue weighted by Crippen LogP contribution is -2.41. The van der Waals surface area contributed by atoms with E-state index in [1.54, 1.807) is 30.4 Å². The maximum Gasteiger partial charge on any atom is 0.416 e. The molecular weight excluding hydrogens is 387 g/mol. The summed E-state index contributed by atoms with van der Waals surface area (Å²) in [5.74, 6) is -0.0698. The third-order valence-corrected chi connectivity index (χ3v) is 4.95. The van der Waals surface area contributed by atoms with E-state index in [0.717, 1.165) is 12.1 Å². The molecule has 2 aromatic rings. The summed E-state index contributed by atoms with van der Waals surface area (Å²) in [7, 11) is 0. The summed E-state index contributed by atoms with van der Waals surface area (Å²) in [5, 5.41) is 14.2. The van der Waals surface area contributed by atoms with Gasteiger partial charge in [0.15, 0.2) is 0 Å². The van der Waals surface area contributed by atoms with Crippen LogP contribution in [0.4, 0.5) is 18.0 Å². The second-order valence-corrected chi connectivity index (χ2v) is 8.30. The fourth-order valence-corrected chi connectivity index (χ4v) is 3.61. The third kappa shape index (κ3) is 4.83. The Balaban J connectivity index is 1.85. The van der Waals surface area contributed by atoms with Gasteiger partial charge in [-0.15, -0.1) is 0 Å². The molecule has 2 heterocycles. The molecule has 0 saturated carbocycles. The van der Waals surface area contributed by atoms with Crippen LogP contribution >= 0.6 is 0 Å². The molecule has 1 aromatic carbocycles. The van der Waals surface area contributed by atoms with Gasteiger partial charge in [0.05, 0.1) is 29.9 Å². The largest absolute Gasteiger partial charge is 0.444 e. The molecule has 1 amide bonds. The maximum absolute atomic E-state index is 13.2. The number of rotatable bonds is 3. The highest BCUT2D eigenvalue weighted by Crippen LogP contribution is 2.37. The van der Waals surface area contributed by atoms with E-state index in [0.29, 0.717) is 42.5 Å². The molecule has 0 radical (unpaired) electrons. The smallest absolute Gasteiger partial charge is 0.416 e. The number of alkyl halides is 3. The average molecular weight is 413 g/mol. The minimum absolute atomic E-state index is 0.0698. The first-order chi connectivity index (χ1) is 13.5. The van der Waals surface area contributed by atoms with Crippen molar-refractivity contribution in [1.82, 2.24) is 14.7 Å². The Morgan fingerprint density at radius 1 is 1.24 bits per heavy atom. The maximum atomic E-state index is 13.2. The number of aliphatic hydroxyl groups is 1. The van der Waals surface area contributed by atoms with Crippen LogP contribution in [-0.4, -0.2) is 51.2 Å². The van der Waals surface area contributed by atoms with E-state index in [1.165, 1.54) is 6.07 Å². The van der Waals surface area contributed by atoms with E-state index in [-0.39, 0.29) is 25.2 Å². The van der Waals surface area contributed by atoms with Crippen molar-refractivity contribution >= 4 is 17.0 Å². The van der Waals surface area contributed by atoms with Crippen molar-refractivity contribution in [3.05, 3.63) is 29.5 Å². The Morgan fingerprint density at radius 2 is 1.90 bits per heavy atom. The highest BCUT2D eigenvalue weighted by atomic mass is 19.4. The number of fused-ring (bicyclic) bond motifs is 1. The van der Waals surface area contributed by atoms with Crippen LogP contribution in [0.5, 0.6) is 0 Å². The molecule has 160 valence electrons. The Labute approximate surface area is 167 Å². The van der Waals surface area contributed by atoms with Crippen LogP contribution in [0, 0.1) is 0 Å². The van der Waals surface area contributed by atoms with E-state index in [1.807, 2.05) is 0 Å². The van der Waals surface area contributed by atoms with Crippen molar-refractivity contribution in [2.45, 2.75) is 57.9 Å². The molecule has 1 saturated heterocycles. The van der Waals surface area contributed by atoms with Crippen LogP contribution < -0.4 is 0 Å². The molecule has 6 nitrogen and oxygen atoms in total. The molecule has 1 fully saturated rings. The quantitative estimate of drug-likeness (QED) is 0.821. The number of ether oxygens (including phenoxy) is 1. The average Bonchev–Trinajstić information content (AvgIpc) is 2.98. The van der Waals surface area contributed by atoms with Gasteiger partial charge in [0.1, 0.15) is 5.60 Å². The number of benzene rings is 1. The monoisotopic (exact) mass is 413 g/mol. The molecule has 0 bridgehead atoms. The second kappa shape index (κ2) is 7.85. The summed E-state index contributed by atoms with van der Waals surface area (Å²) in [6.45, 7) is 6.36. The summed E-state index contributed by atoms with van der Waals surface area (Å²) < 4.78 is 46.5. The van der Waals surface area contributed by atoms with Crippen molar-refractivity contribution in [3.63, 3.8) is 0 Å². The number of hydrogen-bond acceptors (Lipinski definition) is 4. The zero-order valence-corrected chi connectivity index (χ0v) is 16.8. The fourth-order valence-electron chi connectivity index (χ4n) is 3.61. The molecule has 1 aromatic heterocycles. The van der Waals surface area contributed by atoms with E-state index in [4.69, 9.17) is 4.74 Å². The Morgan fingerprint density at radius 3 is 2.45 bits per heavy atom. The summed E-state index contributed by atoms with van der Waals surface area (Å²) in [5.41, 5.74) is -0.151. The molecule has 0 unspecified atom stereocenters. The van der Waals surface area contributed by atoms with Gasteiger partial charge in [-0.05, 0) is 51.8 Å². The van der Waals surface area contributed by atoms with Crippen LogP contribution in [-0.2, 0) is 17.5 Å². The third-order valence-electron chi connectivity index (χ3n) is 4.95. The number of nitrogens with zero attached hydrogens (tertiary/aromatic N) is 3. The minimum Gasteiger partial charge on any atom is -0.444 e. The van der Waals surface area contributed by atoms with E-state index in [2.05, 4.69) is 5.10 Å². The summed E-state index contributed by atoms with van der Waals surface area (Å²) in [6.07, 6.45) is -3.66. The highest BCUT2D eigenvalue weighted by Gasteiger charge is 2.33. The van der Waals surface area contributed by atoms with Crippen molar-refractivity contribution in [1.29, 1.82) is 0 Å². The Bertz CT molecular complexity index is 879. The molecule has 0 atom stereocenters. The van der Waals surface area contributed by atoms with Gasteiger partial charge in [-0.1, -0.05) is 0 Å². The number of hydrogen-bond donors (Lipinski definition) is 1. The number of carbonyl (C=O) groups is 1. The molecule has 0 spiro atoms. The molecule has 1 aliphatic rings. The van der Waals surface area contributed by atoms with Gasteiger partial charge in [-0.3, -0.25) is 4.68 Å². The second-order valence-electron chi connectivity index (χ2n) is 8.30. The Hall–Kier alpha value is -2.29. The zero-order chi connectivity index (χ0) is 21.4. The minimum atomic E-state index is -4.44. The fraction of sp³-hybridized carbons (Fsp3) is 0.600. The predicted octanol–water partition coefficient (Wildman–Crippen LogP) is 4.16. The van der Waals surface area contributed by atoms with Gasteiger partial charge in [0, 0.05) is 24.4 Å². The Kier molecular flexibility index (Phi) is 5.80. The number of piperidine rings is 1. The van der Waals surface area contributed by atoms with E-state index >= 15 is 0 Å². The number of aromatic nitrogens is 2. The number of carbonyl (C=O) groups excluding carboxylic acids is 1. The van der Waals surface area contributed by atoms with Gasteiger partial charge in [-0.25, -0.2) is 4.79 Å². The lowest BCUT2D eigenvalue weighted by Gasteiger charge is -2.33. The van der Waals surface area contributed by atoms with E-state index < -0.39 is 17.3 Å². The van der Waals surface area contributed by atoms with Crippen molar-refractivity contribution in [2.75, 3.05) is 19.7 Å². The van der Waals surface area contributed by atoms with Crippen LogP contribution in [0.3, 0.4) is 0 Å². The zero-order valence-electron chi connectivity index (χ0n) is 16.8. The topological polar surface area (TPSA) is 67.6 Å². The van der Waals surface area contributed by atoms with Gasteiger partial charge in [-0.2, -0.15) is 18.3 Å². The first-order valence-corrected chi connectivity index (χ1v) is 9.66. The summed E-state index contributed by atoms with van der Waals surface area (Å²) in [4.78, 5) is 13.9. The molecule has 0 aliphatic carbocycles. The summed E-state index contributed by atoms with van der Waals surface area (Å²) in [6, 6.07) is 3.57. The van der Waals surface area contributed by atoms with Gasteiger partial charge >= 0.3 is 12.3 Å². The standard InChI is InChI=1S/C20H26F3N3O3/c1-19(2,3)29-18(28)25-8-6-13(7-9-25)17-15-12-14(20(21,22)23)4-5-16(15)26(24-17)10-11-27/h4-5,12-13,27H,6-11H2,1-3H3. The molecule has 1 aliphatic heterocycles. The van der Waals surface area contributed by atoms with Gasteiger partial charge in [0.25, 0.3) is 0 Å². The van der Waals surface area contributed by atoms with Crippen LogP contribution in [0.2, 0.25) is 0 Å². The molecule has 9 heteroatoms. The highest BCUT2D eigenvalue weighted by molar-refractivity contribution is 5.83. The molecule has 1 N–H and O–H groups in total. The predicted molar refractivity (Wildman–Crippen MR) is 102 cm³/mol. The van der Waals surface area contributed by atoms with Crippen LogP contribution in [0.15, 0.2) is 18.2 Å². The first kappa shape index (κ1) is 21.4. The summed E-state index contributed by atoms with van der Waals surface area (Å²) >= 11 is 0. The number of amides is 1. The van der Waals surface area contributed by atoms with Gasteiger partial charge in [0.2, 0.25) is 0 Å². The number of halogens is 3. The lowest BCUT2D eigenvalue weighted by molar-refractivity contribution is -0.137.